The smallest absolute Gasteiger partial charge is 0.272 e. The van der Waals surface area contributed by atoms with Crippen molar-refractivity contribution >= 4 is 33.3 Å². The minimum atomic E-state index is 0.0106. The van der Waals surface area contributed by atoms with E-state index >= 15 is 0 Å². The fraction of sp³-hybridized carbons (Fsp3) is 0.125. The molecule has 2 aromatic heterocycles. The van der Waals surface area contributed by atoms with Gasteiger partial charge in [-0.25, -0.2) is 4.98 Å². The number of fused-ring (bicyclic) bond motifs is 1. The second-order valence-corrected chi connectivity index (χ2v) is 6.32. The third-order valence-electron chi connectivity index (χ3n) is 3.15. The van der Waals surface area contributed by atoms with Gasteiger partial charge in [-0.3, -0.25) is 9.36 Å². The van der Waals surface area contributed by atoms with E-state index in [1.165, 1.54) is 23.1 Å². The quantitative estimate of drug-likeness (QED) is 0.414. The molecule has 0 saturated carbocycles. The van der Waals surface area contributed by atoms with Gasteiger partial charge in [0.2, 0.25) is 0 Å². The maximum Gasteiger partial charge on any atom is 0.272 e. The first-order valence-corrected chi connectivity index (χ1v) is 8.53. The lowest BCUT2D eigenvalue weighted by atomic mass is 10.2. The zero-order valence-corrected chi connectivity index (χ0v) is 13.2. The summed E-state index contributed by atoms with van der Waals surface area (Å²) >= 11 is 2.97. The predicted octanol–water partition coefficient (Wildman–Crippen LogP) is 4.03. The average molecular weight is 314 g/mol. The average Bonchev–Trinajstić information content (AvgIpc) is 2.95. The molecule has 3 nitrogen and oxygen atoms in total. The maximum absolute atomic E-state index is 12.6. The minimum Gasteiger partial charge on any atom is -0.283 e. The highest BCUT2D eigenvalue weighted by Crippen LogP contribution is 2.31. The van der Waals surface area contributed by atoms with E-state index in [1.54, 1.807) is 10.6 Å². The highest BCUT2D eigenvalue weighted by molar-refractivity contribution is 7.98. The standard InChI is InChI=1S/C16H14N2OS2/c1-3-9-18-15(19)14-12(17-16(18)20-2)10-13(21-14)11-7-5-4-6-8-11/h3-8,10H,1,9H2,2H3. The van der Waals surface area contributed by atoms with Crippen LogP contribution in [-0.4, -0.2) is 15.8 Å². The lowest BCUT2D eigenvalue weighted by molar-refractivity contribution is 0.674. The number of thiophene rings is 1. The Morgan fingerprint density at radius 3 is 2.81 bits per heavy atom. The molecule has 3 rings (SSSR count). The third-order valence-corrected chi connectivity index (χ3v) is 4.99. The monoisotopic (exact) mass is 314 g/mol. The van der Waals surface area contributed by atoms with Gasteiger partial charge in [0, 0.05) is 11.4 Å². The van der Waals surface area contributed by atoms with Gasteiger partial charge in [-0.1, -0.05) is 48.2 Å². The second-order valence-electron chi connectivity index (χ2n) is 4.49. The Balaban J connectivity index is 2.24. The summed E-state index contributed by atoms with van der Waals surface area (Å²) in [7, 11) is 0. The molecular weight excluding hydrogens is 300 g/mol. The first-order valence-electron chi connectivity index (χ1n) is 6.49. The van der Waals surface area contributed by atoms with Crippen molar-refractivity contribution in [1.82, 2.24) is 9.55 Å². The van der Waals surface area contributed by atoms with Crippen molar-refractivity contribution < 1.29 is 0 Å². The van der Waals surface area contributed by atoms with Crippen LogP contribution in [0.15, 0.2) is 59.0 Å². The van der Waals surface area contributed by atoms with Crippen molar-refractivity contribution in [3.63, 3.8) is 0 Å². The van der Waals surface area contributed by atoms with Gasteiger partial charge >= 0.3 is 0 Å². The van der Waals surface area contributed by atoms with Crippen LogP contribution in [0.4, 0.5) is 0 Å². The van der Waals surface area contributed by atoms with E-state index in [4.69, 9.17) is 0 Å². The zero-order valence-electron chi connectivity index (χ0n) is 11.6. The van der Waals surface area contributed by atoms with Gasteiger partial charge in [-0.05, 0) is 17.9 Å². The molecule has 2 heterocycles. The minimum absolute atomic E-state index is 0.0106. The van der Waals surface area contributed by atoms with Crippen molar-refractivity contribution in [3.05, 3.63) is 59.4 Å². The van der Waals surface area contributed by atoms with E-state index in [-0.39, 0.29) is 5.56 Å². The summed E-state index contributed by atoms with van der Waals surface area (Å²) in [6, 6.07) is 12.1. The summed E-state index contributed by atoms with van der Waals surface area (Å²) in [6.45, 7) is 4.19. The van der Waals surface area contributed by atoms with Crippen LogP contribution in [0.25, 0.3) is 20.7 Å². The van der Waals surface area contributed by atoms with Crippen LogP contribution in [0.3, 0.4) is 0 Å². The van der Waals surface area contributed by atoms with E-state index in [0.717, 1.165) is 21.1 Å². The molecule has 0 saturated heterocycles. The summed E-state index contributed by atoms with van der Waals surface area (Å²) in [5.41, 5.74) is 1.89. The van der Waals surface area contributed by atoms with E-state index in [9.17, 15) is 4.79 Å². The third kappa shape index (κ3) is 2.54. The molecular formula is C16H14N2OS2. The molecule has 0 N–H and O–H groups in total. The Morgan fingerprint density at radius 1 is 1.38 bits per heavy atom. The van der Waals surface area contributed by atoms with Crippen molar-refractivity contribution in [2.24, 2.45) is 0 Å². The normalized spacial score (nSPS) is 10.9. The highest BCUT2D eigenvalue weighted by Gasteiger charge is 2.13. The number of aromatic nitrogens is 2. The zero-order chi connectivity index (χ0) is 14.8. The van der Waals surface area contributed by atoms with Gasteiger partial charge in [0.05, 0.1) is 5.52 Å². The van der Waals surface area contributed by atoms with E-state index in [2.05, 4.69) is 11.6 Å². The fourth-order valence-corrected chi connectivity index (χ4v) is 3.80. The summed E-state index contributed by atoms with van der Waals surface area (Å²) in [5, 5.41) is 0.727. The van der Waals surface area contributed by atoms with Gasteiger partial charge in [0.15, 0.2) is 5.16 Å². The Hall–Kier alpha value is -1.85. The number of thioether (sulfide) groups is 1. The molecule has 0 spiro atoms. The molecule has 0 amide bonds. The molecule has 3 aromatic rings. The molecule has 5 heteroatoms. The van der Waals surface area contributed by atoms with Gasteiger partial charge in [0.25, 0.3) is 5.56 Å². The van der Waals surface area contributed by atoms with E-state index in [0.29, 0.717) is 11.2 Å². The van der Waals surface area contributed by atoms with Crippen LogP contribution in [0.2, 0.25) is 0 Å². The number of benzene rings is 1. The van der Waals surface area contributed by atoms with Gasteiger partial charge < -0.3 is 0 Å². The van der Waals surface area contributed by atoms with Crippen LogP contribution >= 0.6 is 23.1 Å². The van der Waals surface area contributed by atoms with Gasteiger partial charge in [0.1, 0.15) is 4.70 Å². The molecule has 21 heavy (non-hydrogen) atoms. The lowest BCUT2D eigenvalue weighted by Gasteiger charge is -2.07. The van der Waals surface area contributed by atoms with Crippen molar-refractivity contribution in [1.29, 1.82) is 0 Å². The first-order chi connectivity index (χ1) is 10.2. The van der Waals surface area contributed by atoms with Crippen LogP contribution in [0, 0.1) is 0 Å². The van der Waals surface area contributed by atoms with E-state index in [1.807, 2.05) is 42.7 Å². The van der Waals surface area contributed by atoms with Gasteiger partial charge in [-0.15, -0.1) is 17.9 Å². The second kappa shape index (κ2) is 5.87. The molecule has 0 aliphatic carbocycles. The Morgan fingerprint density at radius 2 is 2.14 bits per heavy atom. The SMILES string of the molecule is C=CCn1c(SC)nc2cc(-c3ccccc3)sc2c1=O. The number of rotatable bonds is 4. The maximum atomic E-state index is 12.6. The van der Waals surface area contributed by atoms with Crippen LogP contribution in [-0.2, 0) is 6.54 Å². The lowest BCUT2D eigenvalue weighted by Crippen LogP contribution is -2.21. The largest absolute Gasteiger partial charge is 0.283 e. The van der Waals surface area contributed by atoms with Crippen molar-refractivity contribution in [2.75, 3.05) is 6.26 Å². The fourth-order valence-electron chi connectivity index (χ4n) is 2.18. The predicted molar refractivity (Wildman–Crippen MR) is 91.3 cm³/mol. The molecule has 0 fully saturated rings. The van der Waals surface area contributed by atoms with Crippen LogP contribution < -0.4 is 5.56 Å². The van der Waals surface area contributed by atoms with Crippen molar-refractivity contribution in [3.8, 4) is 10.4 Å². The topological polar surface area (TPSA) is 34.9 Å². The number of nitrogens with zero attached hydrogens (tertiary/aromatic N) is 2. The summed E-state index contributed by atoms with van der Waals surface area (Å²) in [4.78, 5) is 18.3. The van der Waals surface area contributed by atoms with Crippen molar-refractivity contribution in [2.45, 2.75) is 11.7 Å². The van der Waals surface area contributed by atoms with E-state index < -0.39 is 0 Å². The van der Waals surface area contributed by atoms with Crippen LogP contribution in [0.5, 0.6) is 0 Å². The van der Waals surface area contributed by atoms with Crippen LogP contribution in [0.1, 0.15) is 0 Å². The summed E-state index contributed by atoms with van der Waals surface area (Å²) in [6.07, 6.45) is 3.65. The number of hydrogen-bond donors (Lipinski definition) is 0. The summed E-state index contributed by atoms with van der Waals surface area (Å²) in [5.74, 6) is 0. The molecule has 0 aliphatic rings. The first kappa shape index (κ1) is 14.1. The molecule has 0 aliphatic heterocycles. The number of hydrogen-bond acceptors (Lipinski definition) is 4. The molecule has 1 aromatic carbocycles. The molecule has 106 valence electrons. The highest BCUT2D eigenvalue weighted by atomic mass is 32.2. The number of allylic oxidation sites excluding steroid dienone is 1. The van der Waals surface area contributed by atoms with Gasteiger partial charge in [-0.2, -0.15) is 0 Å². The molecule has 0 atom stereocenters. The Kier molecular flexibility index (Phi) is 3.94. The molecule has 0 radical (unpaired) electrons. The molecule has 0 bridgehead atoms. The Bertz CT molecular complexity index is 850. The summed E-state index contributed by atoms with van der Waals surface area (Å²) < 4.78 is 2.37. The Labute approximate surface area is 131 Å². The molecule has 0 unspecified atom stereocenters.